The maximum atomic E-state index is 12.5. The van der Waals surface area contributed by atoms with Crippen LogP contribution in [0.1, 0.15) is 19.8 Å². The van der Waals surface area contributed by atoms with Crippen LogP contribution in [0.5, 0.6) is 0 Å². The number of carbonyl (C=O) groups is 2. The molecule has 2 amide bonds. The van der Waals surface area contributed by atoms with Gasteiger partial charge in [0.2, 0.25) is 0 Å². The number of piperazine rings is 1. The third-order valence-corrected chi connectivity index (χ3v) is 5.45. The van der Waals surface area contributed by atoms with Gasteiger partial charge in [-0.15, -0.1) is 0 Å². The van der Waals surface area contributed by atoms with E-state index in [0.717, 1.165) is 39.1 Å². The Morgan fingerprint density at radius 2 is 1.85 bits per heavy atom. The number of hydrogen-bond acceptors (Lipinski definition) is 4. The number of amides is 2. The van der Waals surface area contributed by atoms with Crippen LogP contribution < -0.4 is 10.2 Å². The van der Waals surface area contributed by atoms with Gasteiger partial charge in [-0.2, -0.15) is 0 Å². The number of carboxylic acids is 1. The minimum atomic E-state index is -0.808. The first kappa shape index (κ1) is 19.5. The van der Waals surface area contributed by atoms with Crippen LogP contribution in [-0.4, -0.2) is 78.8 Å². The number of para-hydroxylation sites is 1. The third-order valence-electron chi connectivity index (χ3n) is 5.45. The zero-order valence-electron chi connectivity index (χ0n) is 16.0. The second kappa shape index (κ2) is 9.08. The second-order valence-electron chi connectivity index (χ2n) is 7.60. The summed E-state index contributed by atoms with van der Waals surface area (Å²) >= 11 is 0. The third kappa shape index (κ3) is 5.35. The van der Waals surface area contributed by atoms with E-state index in [2.05, 4.69) is 39.4 Å². The monoisotopic (exact) mass is 374 g/mol. The molecule has 2 unspecified atom stereocenters. The van der Waals surface area contributed by atoms with Crippen molar-refractivity contribution in [2.75, 3.05) is 50.7 Å². The lowest BCUT2D eigenvalue weighted by Crippen LogP contribution is -2.54. The molecule has 0 spiro atoms. The molecule has 148 valence electrons. The fourth-order valence-corrected chi connectivity index (χ4v) is 3.93. The molecular formula is C20H30N4O3. The number of benzene rings is 1. The Labute approximate surface area is 160 Å². The van der Waals surface area contributed by atoms with Gasteiger partial charge in [0.15, 0.2) is 0 Å². The largest absolute Gasteiger partial charge is 0.481 e. The average Bonchev–Trinajstić information content (AvgIpc) is 2.69. The van der Waals surface area contributed by atoms with Crippen LogP contribution in [0, 0.1) is 5.92 Å². The van der Waals surface area contributed by atoms with Crippen molar-refractivity contribution < 1.29 is 14.7 Å². The summed E-state index contributed by atoms with van der Waals surface area (Å²) in [7, 11) is 0. The minimum Gasteiger partial charge on any atom is -0.481 e. The van der Waals surface area contributed by atoms with Crippen molar-refractivity contribution in [3.05, 3.63) is 30.3 Å². The van der Waals surface area contributed by atoms with E-state index in [4.69, 9.17) is 0 Å². The van der Waals surface area contributed by atoms with Gasteiger partial charge in [0.25, 0.3) is 0 Å². The highest BCUT2D eigenvalue weighted by Crippen LogP contribution is 2.17. The van der Waals surface area contributed by atoms with E-state index in [1.165, 1.54) is 5.69 Å². The Balaban J connectivity index is 1.41. The van der Waals surface area contributed by atoms with Gasteiger partial charge in [-0.05, 0) is 31.9 Å². The van der Waals surface area contributed by atoms with Crippen molar-refractivity contribution in [1.29, 1.82) is 0 Å². The van der Waals surface area contributed by atoms with Crippen LogP contribution >= 0.6 is 0 Å². The molecule has 2 heterocycles. The number of aliphatic carboxylic acids is 1. The molecule has 1 aromatic carbocycles. The first-order valence-corrected chi connectivity index (χ1v) is 9.83. The number of anilines is 1. The van der Waals surface area contributed by atoms with E-state index in [9.17, 15) is 14.7 Å². The van der Waals surface area contributed by atoms with Gasteiger partial charge >= 0.3 is 12.0 Å². The summed E-state index contributed by atoms with van der Waals surface area (Å²) in [6.07, 6.45) is 1.40. The zero-order chi connectivity index (χ0) is 19.2. The number of nitrogens with zero attached hydrogens (tertiary/aromatic N) is 3. The molecule has 2 fully saturated rings. The van der Waals surface area contributed by atoms with Crippen LogP contribution in [0.3, 0.4) is 0 Å². The summed E-state index contributed by atoms with van der Waals surface area (Å²) < 4.78 is 0. The van der Waals surface area contributed by atoms with Crippen molar-refractivity contribution in [3.63, 3.8) is 0 Å². The summed E-state index contributed by atoms with van der Waals surface area (Å²) in [5.41, 5.74) is 1.26. The first-order chi connectivity index (χ1) is 13.0. The molecule has 0 aliphatic carbocycles. The van der Waals surface area contributed by atoms with E-state index in [0.29, 0.717) is 19.5 Å². The number of carboxylic acid groups (broad SMARTS) is 1. The molecule has 0 aromatic heterocycles. The molecule has 0 saturated carbocycles. The van der Waals surface area contributed by atoms with Gasteiger partial charge < -0.3 is 20.2 Å². The molecule has 7 heteroatoms. The maximum absolute atomic E-state index is 12.5. The van der Waals surface area contributed by atoms with Gasteiger partial charge in [-0.3, -0.25) is 9.69 Å². The quantitative estimate of drug-likeness (QED) is 0.821. The second-order valence-corrected chi connectivity index (χ2v) is 7.60. The Hall–Kier alpha value is -2.28. The fourth-order valence-electron chi connectivity index (χ4n) is 3.93. The molecule has 2 aliphatic rings. The molecule has 1 aromatic rings. The van der Waals surface area contributed by atoms with E-state index in [1.807, 2.05) is 13.0 Å². The molecular weight excluding hydrogens is 344 g/mol. The number of piperidine rings is 1. The van der Waals surface area contributed by atoms with E-state index in [-0.39, 0.29) is 12.1 Å². The summed E-state index contributed by atoms with van der Waals surface area (Å²) in [4.78, 5) is 30.0. The zero-order valence-corrected chi connectivity index (χ0v) is 16.0. The van der Waals surface area contributed by atoms with E-state index in [1.54, 1.807) is 4.90 Å². The molecule has 7 nitrogen and oxygen atoms in total. The number of rotatable bonds is 5. The molecule has 2 aliphatic heterocycles. The summed E-state index contributed by atoms with van der Waals surface area (Å²) in [5, 5.41) is 12.2. The van der Waals surface area contributed by atoms with Gasteiger partial charge in [0.05, 0.1) is 5.92 Å². The predicted octanol–water partition coefficient (Wildman–Crippen LogP) is 1.70. The molecule has 2 atom stereocenters. The van der Waals surface area contributed by atoms with E-state index >= 15 is 0 Å². The van der Waals surface area contributed by atoms with Crippen LogP contribution in [0.4, 0.5) is 10.5 Å². The van der Waals surface area contributed by atoms with Crippen molar-refractivity contribution in [2.45, 2.75) is 25.8 Å². The minimum absolute atomic E-state index is 0.0333. The predicted molar refractivity (Wildman–Crippen MR) is 105 cm³/mol. The molecule has 2 saturated heterocycles. The first-order valence-electron chi connectivity index (χ1n) is 9.83. The highest BCUT2D eigenvalue weighted by Gasteiger charge is 2.29. The summed E-state index contributed by atoms with van der Waals surface area (Å²) in [5.74, 6) is -1.25. The van der Waals surface area contributed by atoms with Crippen molar-refractivity contribution in [1.82, 2.24) is 15.1 Å². The van der Waals surface area contributed by atoms with Crippen molar-refractivity contribution in [3.8, 4) is 0 Å². The fraction of sp³-hybridized carbons (Fsp3) is 0.600. The highest BCUT2D eigenvalue weighted by atomic mass is 16.4. The number of nitrogens with one attached hydrogen (secondary N) is 1. The Bertz CT molecular complexity index is 631. The van der Waals surface area contributed by atoms with Gasteiger partial charge in [-0.1, -0.05) is 18.2 Å². The standard InChI is InChI=1S/C20H30N4O3/c1-16(21-20(27)24-9-5-6-17(15-24)19(25)26)14-22-10-12-23(13-11-22)18-7-3-2-4-8-18/h2-4,7-8,16-17H,5-6,9-15H2,1H3,(H,21,27)(H,25,26). The van der Waals surface area contributed by atoms with Crippen LogP contribution in [0.25, 0.3) is 0 Å². The highest BCUT2D eigenvalue weighted by molar-refractivity contribution is 5.76. The lowest BCUT2D eigenvalue weighted by molar-refractivity contribution is -0.143. The van der Waals surface area contributed by atoms with E-state index < -0.39 is 11.9 Å². The molecule has 27 heavy (non-hydrogen) atoms. The lowest BCUT2D eigenvalue weighted by Gasteiger charge is -2.37. The van der Waals surface area contributed by atoms with Crippen LogP contribution in [0.2, 0.25) is 0 Å². The van der Waals surface area contributed by atoms with Gasteiger partial charge in [-0.25, -0.2) is 4.79 Å². The van der Waals surface area contributed by atoms with Crippen LogP contribution in [-0.2, 0) is 4.79 Å². The van der Waals surface area contributed by atoms with Crippen LogP contribution in [0.15, 0.2) is 30.3 Å². The SMILES string of the molecule is CC(CN1CCN(c2ccccc2)CC1)NC(=O)N1CCCC(C(=O)O)C1. The molecule has 2 N–H and O–H groups in total. The normalized spacial score (nSPS) is 22.3. The smallest absolute Gasteiger partial charge is 0.317 e. The van der Waals surface area contributed by atoms with Crippen molar-refractivity contribution in [2.24, 2.45) is 5.92 Å². The average molecular weight is 374 g/mol. The number of likely N-dealkylation sites (tertiary alicyclic amines) is 1. The van der Waals surface area contributed by atoms with Crippen molar-refractivity contribution >= 4 is 17.7 Å². The van der Waals surface area contributed by atoms with Gasteiger partial charge in [0.1, 0.15) is 0 Å². The Morgan fingerprint density at radius 1 is 1.15 bits per heavy atom. The number of urea groups is 1. The lowest BCUT2D eigenvalue weighted by atomic mass is 9.99. The number of hydrogen-bond donors (Lipinski definition) is 2. The summed E-state index contributed by atoms with van der Waals surface area (Å²) in [6.45, 7) is 7.68. The maximum Gasteiger partial charge on any atom is 0.317 e. The Morgan fingerprint density at radius 3 is 2.52 bits per heavy atom. The molecule has 0 radical (unpaired) electrons. The topological polar surface area (TPSA) is 76.1 Å². The molecule has 3 rings (SSSR count). The summed E-state index contributed by atoms with van der Waals surface area (Å²) in [6, 6.07) is 10.3. The number of carbonyl (C=O) groups excluding carboxylic acids is 1. The molecule has 0 bridgehead atoms. The van der Waals surface area contributed by atoms with Gasteiger partial charge in [0, 0.05) is 57.5 Å². The Kier molecular flexibility index (Phi) is 6.55.